The molecule has 106 valence electrons. The van der Waals surface area contributed by atoms with Crippen molar-refractivity contribution in [3.05, 3.63) is 0 Å². The lowest BCUT2D eigenvalue weighted by atomic mass is 10.4. The molecule has 0 aliphatic carbocycles. The van der Waals surface area contributed by atoms with Crippen molar-refractivity contribution in [3.63, 3.8) is 0 Å². The van der Waals surface area contributed by atoms with E-state index in [-0.39, 0.29) is 11.8 Å². The van der Waals surface area contributed by atoms with Gasteiger partial charge in [-0.3, -0.25) is 14.7 Å². The van der Waals surface area contributed by atoms with Crippen LogP contribution in [-0.4, -0.2) is 39.0 Å². The topological polar surface area (TPSA) is 115 Å². The normalized spacial score (nSPS) is 10.5. The molecule has 1 rings (SSSR count). The van der Waals surface area contributed by atoms with E-state index in [4.69, 9.17) is 5.73 Å². The molecular weight excluding hydrogens is 268 g/mol. The molecular formula is C10H18N6O2S. The maximum absolute atomic E-state index is 11.5. The first kappa shape index (κ1) is 15.3. The van der Waals surface area contributed by atoms with Gasteiger partial charge in [0.25, 0.3) is 0 Å². The molecule has 1 aromatic heterocycles. The zero-order chi connectivity index (χ0) is 14.4. The molecule has 9 heteroatoms. The van der Waals surface area contributed by atoms with Crippen LogP contribution >= 0.6 is 11.8 Å². The second-order valence-corrected chi connectivity index (χ2v) is 4.94. The van der Waals surface area contributed by atoms with Crippen molar-refractivity contribution < 1.29 is 9.59 Å². The average Bonchev–Trinajstić information content (AvgIpc) is 2.68. The van der Waals surface area contributed by atoms with E-state index in [1.165, 1.54) is 11.8 Å². The van der Waals surface area contributed by atoms with Crippen molar-refractivity contribution in [1.29, 1.82) is 0 Å². The molecule has 0 aliphatic heterocycles. The molecule has 0 aromatic carbocycles. The Labute approximate surface area is 115 Å². The van der Waals surface area contributed by atoms with Crippen molar-refractivity contribution in [2.75, 3.05) is 18.0 Å². The fourth-order valence-corrected chi connectivity index (χ4v) is 2.24. The fourth-order valence-electron chi connectivity index (χ4n) is 1.37. The highest BCUT2D eigenvalue weighted by molar-refractivity contribution is 7.99. The first-order chi connectivity index (χ1) is 8.95. The number of nitrogens with one attached hydrogen (secondary N) is 2. The van der Waals surface area contributed by atoms with Crippen LogP contribution in [0.5, 0.6) is 0 Å². The van der Waals surface area contributed by atoms with Crippen molar-refractivity contribution in [2.24, 2.45) is 0 Å². The SMILES string of the molecule is CCNC(=O)NC(=O)CSc1nnc(N)n1C(C)C. The monoisotopic (exact) mass is 286 g/mol. The van der Waals surface area contributed by atoms with Gasteiger partial charge in [-0.15, -0.1) is 10.2 Å². The van der Waals surface area contributed by atoms with Gasteiger partial charge in [0.05, 0.1) is 5.75 Å². The molecule has 19 heavy (non-hydrogen) atoms. The van der Waals surface area contributed by atoms with Crippen molar-refractivity contribution in [2.45, 2.75) is 32.0 Å². The number of rotatable bonds is 5. The summed E-state index contributed by atoms with van der Waals surface area (Å²) >= 11 is 1.18. The number of hydrogen-bond donors (Lipinski definition) is 3. The maximum atomic E-state index is 11.5. The zero-order valence-corrected chi connectivity index (χ0v) is 12.0. The number of hydrogen-bond acceptors (Lipinski definition) is 6. The smallest absolute Gasteiger partial charge is 0.321 e. The van der Waals surface area contributed by atoms with Crippen LogP contribution in [0.2, 0.25) is 0 Å². The number of thioether (sulfide) groups is 1. The third-order valence-electron chi connectivity index (χ3n) is 2.13. The number of urea groups is 1. The minimum Gasteiger partial charge on any atom is -0.368 e. The van der Waals surface area contributed by atoms with Gasteiger partial charge in [-0.1, -0.05) is 11.8 Å². The van der Waals surface area contributed by atoms with Crippen LogP contribution in [0.3, 0.4) is 0 Å². The Bertz CT molecular complexity index is 459. The minimum atomic E-state index is -0.502. The number of nitrogen functional groups attached to an aromatic ring is 1. The van der Waals surface area contributed by atoms with E-state index in [0.29, 0.717) is 17.6 Å². The Morgan fingerprint density at radius 2 is 2.11 bits per heavy atom. The van der Waals surface area contributed by atoms with Crippen molar-refractivity contribution >= 4 is 29.6 Å². The lowest BCUT2D eigenvalue weighted by Crippen LogP contribution is -2.40. The van der Waals surface area contributed by atoms with Gasteiger partial charge in [-0.25, -0.2) is 4.79 Å². The molecule has 3 amide bonds. The summed E-state index contributed by atoms with van der Waals surface area (Å²) in [5.74, 6) is -0.0170. The van der Waals surface area contributed by atoms with E-state index in [1.807, 2.05) is 13.8 Å². The Morgan fingerprint density at radius 1 is 1.42 bits per heavy atom. The van der Waals surface area contributed by atoms with Crippen molar-refractivity contribution in [1.82, 2.24) is 25.4 Å². The molecule has 0 bridgehead atoms. The molecule has 1 heterocycles. The molecule has 0 aliphatic rings. The molecule has 0 spiro atoms. The summed E-state index contributed by atoms with van der Waals surface area (Å²) in [7, 11) is 0. The van der Waals surface area contributed by atoms with Gasteiger partial charge in [-0.2, -0.15) is 0 Å². The van der Waals surface area contributed by atoms with Crippen LogP contribution in [0.4, 0.5) is 10.7 Å². The molecule has 0 unspecified atom stereocenters. The fraction of sp³-hybridized carbons (Fsp3) is 0.600. The number of carbonyl (C=O) groups is 2. The summed E-state index contributed by atoms with van der Waals surface area (Å²) in [6.07, 6.45) is 0. The average molecular weight is 286 g/mol. The van der Waals surface area contributed by atoms with Gasteiger partial charge in [-0.05, 0) is 20.8 Å². The minimum absolute atomic E-state index is 0.0714. The highest BCUT2D eigenvalue weighted by Gasteiger charge is 2.15. The quantitative estimate of drug-likeness (QED) is 0.674. The summed E-state index contributed by atoms with van der Waals surface area (Å²) in [5.41, 5.74) is 5.68. The summed E-state index contributed by atoms with van der Waals surface area (Å²) in [6, 6.07) is -0.401. The summed E-state index contributed by atoms with van der Waals surface area (Å²) in [5, 5.41) is 12.9. The van der Waals surface area contributed by atoms with E-state index in [1.54, 1.807) is 11.5 Å². The Kier molecular flexibility index (Phi) is 5.61. The first-order valence-electron chi connectivity index (χ1n) is 5.86. The first-order valence-corrected chi connectivity index (χ1v) is 6.85. The van der Waals surface area contributed by atoms with Gasteiger partial charge in [0.15, 0.2) is 5.16 Å². The maximum Gasteiger partial charge on any atom is 0.321 e. The van der Waals surface area contributed by atoms with E-state index in [2.05, 4.69) is 20.8 Å². The number of aromatic nitrogens is 3. The second-order valence-electron chi connectivity index (χ2n) is 4.00. The number of anilines is 1. The van der Waals surface area contributed by atoms with E-state index < -0.39 is 11.9 Å². The van der Waals surface area contributed by atoms with Crippen LogP contribution in [0.1, 0.15) is 26.8 Å². The van der Waals surface area contributed by atoms with E-state index in [9.17, 15) is 9.59 Å². The largest absolute Gasteiger partial charge is 0.368 e. The molecule has 0 saturated carbocycles. The van der Waals surface area contributed by atoms with Gasteiger partial charge in [0.2, 0.25) is 11.9 Å². The molecule has 0 fully saturated rings. The molecule has 0 radical (unpaired) electrons. The van der Waals surface area contributed by atoms with Crippen LogP contribution < -0.4 is 16.4 Å². The highest BCUT2D eigenvalue weighted by Crippen LogP contribution is 2.22. The summed E-state index contributed by atoms with van der Waals surface area (Å²) in [6.45, 7) is 6.12. The van der Waals surface area contributed by atoms with E-state index >= 15 is 0 Å². The standard InChI is InChI=1S/C10H18N6O2S/c1-4-12-9(18)13-7(17)5-19-10-15-14-8(11)16(10)6(2)3/h6H,4-5H2,1-3H3,(H2,11,14)(H2,12,13,17,18). The van der Waals surface area contributed by atoms with Crippen LogP contribution in [-0.2, 0) is 4.79 Å². The number of nitrogens with two attached hydrogens (primary N) is 1. The number of carbonyl (C=O) groups excluding carboxylic acids is 2. The lowest BCUT2D eigenvalue weighted by molar-refractivity contribution is -0.117. The molecule has 4 N–H and O–H groups in total. The van der Waals surface area contributed by atoms with E-state index in [0.717, 1.165) is 0 Å². The van der Waals surface area contributed by atoms with Gasteiger partial charge < -0.3 is 11.1 Å². The zero-order valence-electron chi connectivity index (χ0n) is 11.1. The van der Waals surface area contributed by atoms with Crippen LogP contribution in [0.15, 0.2) is 5.16 Å². The van der Waals surface area contributed by atoms with Crippen LogP contribution in [0, 0.1) is 0 Å². The predicted octanol–water partition coefficient (Wildman–Crippen LogP) is 0.379. The van der Waals surface area contributed by atoms with Crippen LogP contribution in [0.25, 0.3) is 0 Å². The number of amides is 3. The number of imide groups is 1. The number of nitrogens with zero attached hydrogens (tertiary/aromatic N) is 3. The Hall–Kier alpha value is -1.77. The third kappa shape index (κ3) is 4.43. The molecule has 1 aromatic rings. The van der Waals surface area contributed by atoms with Crippen molar-refractivity contribution in [3.8, 4) is 0 Å². The molecule has 0 atom stereocenters. The van der Waals surface area contributed by atoms with Gasteiger partial charge in [0, 0.05) is 12.6 Å². The Balaban J connectivity index is 2.53. The molecule has 8 nitrogen and oxygen atoms in total. The second kappa shape index (κ2) is 6.98. The predicted molar refractivity (Wildman–Crippen MR) is 72.8 cm³/mol. The Morgan fingerprint density at radius 3 is 2.68 bits per heavy atom. The summed E-state index contributed by atoms with van der Waals surface area (Å²) in [4.78, 5) is 22.6. The van der Waals surface area contributed by atoms with Gasteiger partial charge in [0.1, 0.15) is 0 Å². The summed E-state index contributed by atoms with van der Waals surface area (Å²) < 4.78 is 1.73. The lowest BCUT2D eigenvalue weighted by Gasteiger charge is -2.11. The molecule has 0 saturated heterocycles. The highest BCUT2D eigenvalue weighted by atomic mass is 32.2. The van der Waals surface area contributed by atoms with Gasteiger partial charge >= 0.3 is 6.03 Å². The third-order valence-corrected chi connectivity index (χ3v) is 3.07.